The molecule has 44 heavy (non-hydrogen) atoms. The molecule has 2 amide bonds. The van der Waals surface area contributed by atoms with Crippen molar-refractivity contribution in [1.29, 1.82) is 0 Å². The molecule has 228 valence electrons. The van der Waals surface area contributed by atoms with E-state index in [0.29, 0.717) is 30.3 Å². The molecule has 4 aromatic rings. The Labute approximate surface area is 262 Å². The number of nitrogens with zero attached hydrogens (tertiary/aromatic N) is 5. The number of hydrogen-bond donors (Lipinski definition) is 1. The van der Waals surface area contributed by atoms with E-state index in [-0.39, 0.29) is 18.5 Å². The molecule has 1 saturated heterocycles. The van der Waals surface area contributed by atoms with E-state index in [1.54, 1.807) is 17.4 Å². The molecule has 0 bridgehead atoms. The predicted octanol–water partition coefficient (Wildman–Crippen LogP) is 5.73. The van der Waals surface area contributed by atoms with Crippen molar-refractivity contribution >= 4 is 29.3 Å². The Balaban J connectivity index is 1.35. The lowest BCUT2D eigenvalue weighted by molar-refractivity contribution is -0.124. The van der Waals surface area contributed by atoms with Crippen molar-refractivity contribution in [3.8, 4) is 0 Å². The van der Waals surface area contributed by atoms with Crippen molar-refractivity contribution in [1.82, 2.24) is 24.3 Å². The van der Waals surface area contributed by atoms with Gasteiger partial charge in [0, 0.05) is 55.5 Å². The van der Waals surface area contributed by atoms with E-state index in [9.17, 15) is 9.59 Å². The quantitative estimate of drug-likeness (QED) is 0.310. The SMILES string of the molecule is CC(C)(C)OC(=O)N1CCN([C@H]2c3ccc(Cl)cc3CCc3cccnc32)[C@H](C(=O)Nc2cccc(Cn3ccnc3)c2)C1. The Bertz CT molecular complexity index is 1650. The summed E-state index contributed by atoms with van der Waals surface area (Å²) in [5.41, 5.74) is 5.37. The number of hydrogen-bond acceptors (Lipinski definition) is 6. The summed E-state index contributed by atoms with van der Waals surface area (Å²) >= 11 is 6.45. The highest BCUT2D eigenvalue weighted by Gasteiger charge is 2.42. The molecule has 6 rings (SSSR count). The number of amides is 2. The van der Waals surface area contributed by atoms with Crippen LogP contribution in [0.1, 0.15) is 54.8 Å². The minimum atomic E-state index is -0.671. The molecule has 0 unspecified atom stereocenters. The topological polar surface area (TPSA) is 92.6 Å². The Kier molecular flexibility index (Phi) is 8.42. The normalized spacial score (nSPS) is 18.6. The third-order valence-electron chi connectivity index (χ3n) is 8.08. The van der Waals surface area contributed by atoms with E-state index in [1.807, 2.05) is 80.2 Å². The van der Waals surface area contributed by atoms with Crippen LogP contribution >= 0.6 is 11.6 Å². The van der Waals surface area contributed by atoms with Crippen molar-refractivity contribution in [2.24, 2.45) is 0 Å². The van der Waals surface area contributed by atoms with Crippen molar-refractivity contribution < 1.29 is 14.3 Å². The van der Waals surface area contributed by atoms with Crippen LogP contribution in [-0.2, 0) is 28.9 Å². The molecule has 2 aliphatic rings. The van der Waals surface area contributed by atoms with E-state index in [0.717, 1.165) is 40.8 Å². The van der Waals surface area contributed by atoms with Crippen LogP contribution in [-0.4, -0.2) is 67.6 Å². The minimum absolute atomic E-state index is 0.178. The zero-order valence-electron chi connectivity index (χ0n) is 25.2. The number of halogens is 1. The number of fused-ring (bicyclic) bond motifs is 2. The maximum Gasteiger partial charge on any atom is 0.410 e. The van der Waals surface area contributed by atoms with Crippen LogP contribution < -0.4 is 5.32 Å². The molecule has 10 heteroatoms. The molecule has 0 spiro atoms. The van der Waals surface area contributed by atoms with Crippen LogP contribution in [0, 0.1) is 0 Å². The van der Waals surface area contributed by atoms with Gasteiger partial charge in [0.25, 0.3) is 0 Å². The third kappa shape index (κ3) is 6.64. The monoisotopic (exact) mass is 612 g/mol. The largest absolute Gasteiger partial charge is 0.444 e. The zero-order chi connectivity index (χ0) is 30.8. The maximum absolute atomic E-state index is 14.3. The fourth-order valence-electron chi connectivity index (χ4n) is 6.11. The highest BCUT2D eigenvalue weighted by molar-refractivity contribution is 6.30. The van der Waals surface area contributed by atoms with Gasteiger partial charge in [-0.05, 0) is 86.2 Å². The Morgan fingerprint density at radius 3 is 2.66 bits per heavy atom. The number of benzene rings is 2. The smallest absolute Gasteiger partial charge is 0.410 e. The van der Waals surface area contributed by atoms with Crippen LogP contribution in [0.5, 0.6) is 0 Å². The van der Waals surface area contributed by atoms with Crippen LogP contribution in [0.2, 0.25) is 5.02 Å². The number of imidazole rings is 1. The van der Waals surface area contributed by atoms with Gasteiger partial charge in [-0.25, -0.2) is 9.78 Å². The van der Waals surface area contributed by atoms with Gasteiger partial charge < -0.3 is 19.5 Å². The van der Waals surface area contributed by atoms with E-state index in [4.69, 9.17) is 21.3 Å². The first-order valence-electron chi connectivity index (χ1n) is 15.0. The summed E-state index contributed by atoms with van der Waals surface area (Å²) in [5.74, 6) is -0.199. The zero-order valence-corrected chi connectivity index (χ0v) is 26.0. The first-order chi connectivity index (χ1) is 21.1. The number of carbonyl (C=O) groups is 2. The first-order valence-corrected chi connectivity index (χ1v) is 15.3. The third-order valence-corrected chi connectivity index (χ3v) is 8.31. The fraction of sp³-hybridized carbons (Fsp3) is 0.353. The second-order valence-electron chi connectivity index (χ2n) is 12.4. The highest BCUT2D eigenvalue weighted by atomic mass is 35.5. The van der Waals surface area contributed by atoms with Gasteiger partial charge in [0.1, 0.15) is 11.6 Å². The molecule has 1 N–H and O–H groups in total. The van der Waals surface area contributed by atoms with Gasteiger partial charge in [-0.1, -0.05) is 35.9 Å². The first kappa shape index (κ1) is 29.8. The molecular weight excluding hydrogens is 576 g/mol. The summed E-state index contributed by atoms with van der Waals surface area (Å²) in [5, 5.41) is 3.84. The van der Waals surface area contributed by atoms with E-state index in [1.165, 1.54) is 0 Å². The molecule has 9 nitrogen and oxygen atoms in total. The van der Waals surface area contributed by atoms with Crippen LogP contribution in [0.15, 0.2) is 79.5 Å². The molecule has 2 aromatic carbocycles. The van der Waals surface area contributed by atoms with Crippen LogP contribution in [0.3, 0.4) is 0 Å². The average Bonchev–Trinajstić information content (AvgIpc) is 3.44. The predicted molar refractivity (Wildman–Crippen MR) is 170 cm³/mol. The van der Waals surface area contributed by atoms with Crippen molar-refractivity contribution in [3.63, 3.8) is 0 Å². The van der Waals surface area contributed by atoms with Gasteiger partial charge >= 0.3 is 6.09 Å². The summed E-state index contributed by atoms with van der Waals surface area (Å²) in [6.45, 7) is 7.23. The molecule has 2 atom stereocenters. The molecule has 0 radical (unpaired) electrons. The van der Waals surface area contributed by atoms with Crippen molar-refractivity contribution in [2.45, 2.75) is 57.8 Å². The highest BCUT2D eigenvalue weighted by Crippen LogP contribution is 2.39. The molecule has 1 aliphatic carbocycles. The van der Waals surface area contributed by atoms with Gasteiger partial charge in [0.2, 0.25) is 5.91 Å². The molecular formula is C34H37ClN6O3. The van der Waals surface area contributed by atoms with E-state index >= 15 is 0 Å². The van der Waals surface area contributed by atoms with Crippen LogP contribution in [0.25, 0.3) is 0 Å². The summed E-state index contributed by atoms with van der Waals surface area (Å²) in [4.78, 5) is 40.3. The van der Waals surface area contributed by atoms with Crippen molar-refractivity contribution in [2.75, 3.05) is 25.0 Å². The Hall–Kier alpha value is -4.21. The lowest BCUT2D eigenvalue weighted by atomic mass is 9.94. The molecule has 1 fully saturated rings. The summed E-state index contributed by atoms with van der Waals surface area (Å²) < 4.78 is 7.69. The van der Waals surface area contributed by atoms with E-state index in [2.05, 4.69) is 27.3 Å². The lowest BCUT2D eigenvalue weighted by Gasteiger charge is -2.44. The van der Waals surface area contributed by atoms with Gasteiger partial charge in [0.05, 0.1) is 18.1 Å². The number of aromatic nitrogens is 3. The fourth-order valence-corrected chi connectivity index (χ4v) is 6.31. The van der Waals surface area contributed by atoms with Gasteiger partial charge in [0.15, 0.2) is 0 Å². The number of pyridine rings is 1. The summed E-state index contributed by atoms with van der Waals surface area (Å²) in [7, 11) is 0. The second-order valence-corrected chi connectivity index (χ2v) is 12.8. The van der Waals surface area contributed by atoms with Crippen molar-refractivity contribution in [3.05, 3.63) is 112 Å². The second kappa shape index (κ2) is 12.4. The van der Waals surface area contributed by atoms with Crippen LogP contribution in [0.4, 0.5) is 10.5 Å². The van der Waals surface area contributed by atoms with E-state index < -0.39 is 17.7 Å². The average molecular weight is 613 g/mol. The summed E-state index contributed by atoms with van der Waals surface area (Å²) in [6, 6.07) is 16.9. The minimum Gasteiger partial charge on any atom is -0.444 e. The Morgan fingerprint density at radius 1 is 1.02 bits per heavy atom. The van der Waals surface area contributed by atoms with Gasteiger partial charge in [-0.3, -0.25) is 14.7 Å². The molecule has 0 saturated carbocycles. The maximum atomic E-state index is 14.3. The molecule has 3 heterocycles. The number of anilines is 1. The Morgan fingerprint density at radius 2 is 1.86 bits per heavy atom. The number of nitrogens with one attached hydrogen (secondary N) is 1. The number of carbonyl (C=O) groups excluding carboxylic acids is 2. The number of rotatable bonds is 5. The molecule has 1 aliphatic heterocycles. The molecule has 2 aromatic heterocycles. The number of aryl methyl sites for hydroxylation is 2. The standard InChI is InChI=1S/C34H37ClN6O3/c1-34(2,3)44-33(43)40-16-17-41(31-28-12-11-26(35)19-25(28)10-9-24-7-5-13-37-30(24)31)29(21-40)32(42)38-27-8-4-6-23(18-27)20-39-15-14-36-22-39/h4-8,11-15,18-19,22,29,31H,9-10,16-17,20-21H2,1-3H3,(H,38,42)/t29-,31-/m0/s1. The number of piperazine rings is 1. The summed E-state index contributed by atoms with van der Waals surface area (Å²) in [6.07, 6.45) is 8.44. The number of ether oxygens (including phenoxy) is 1. The van der Waals surface area contributed by atoms with Gasteiger partial charge in [-0.2, -0.15) is 0 Å². The van der Waals surface area contributed by atoms with Gasteiger partial charge in [-0.15, -0.1) is 0 Å². The lowest BCUT2D eigenvalue weighted by Crippen LogP contribution is -2.60.